The number of thioether (sulfide) groups is 1. The first kappa shape index (κ1) is 18.4. The lowest BCUT2D eigenvalue weighted by molar-refractivity contribution is -0.137. The highest BCUT2D eigenvalue weighted by Gasteiger charge is 2.27. The average Bonchev–Trinajstić information content (AvgIpc) is 3.18. The second kappa shape index (κ2) is 8.84. The largest absolute Gasteiger partial charge is 0.481 e. The van der Waals surface area contributed by atoms with Crippen LogP contribution in [-0.4, -0.2) is 49.7 Å². The normalized spacial score (nSPS) is 17.2. The maximum Gasteiger partial charge on any atom is 0.303 e. The molecule has 0 radical (unpaired) electrons. The number of aromatic nitrogens is 3. The number of hydrogen-bond acceptors (Lipinski definition) is 5. The summed E-state index contributed by atoms with van der Waals surface area (Å²) in [4.78, 5) is 29.6. The number of piperidine rings is 1. The highest BCUT2D eigenvalue weighted by atomic mass is 32.2. The summed E-state index contributed by atoms with van der Waals surface area (Å²) in [7, 11) is 0. The van der Waals surface area contributed by atoms with E-state index in [9.17, 15) is 9.59 Å². The van der Waals surface area contributed by atoms with Crippen LogP contribution in [-0.2, 0) is 10.5 Å². The van der Waals surface area contributed by atoms with Crippen LogP contribution in [0.25, 0.3) is 0 Å². The molecule has 1 aliphatic rings. The number of nitrogens with zero attached hydrogens (tertiary/aromatic N) is 3. The summed E-state index contributed by atoms with van der Waals surface area (Å²) in [5.41, 5.74) is 1.75. The third kappa shape index (κ3) is 4.85. The van der Waals surface area contributed by atoms with Gasteiger partial charge in [-0.1, -0.05) is 23.9 Å². The number of carbonyl (C=O) groups is 2. The zero-order valence-corrected chi connectivity index (χ0v) is 15.2. The standard InChI is InChI=1S/C18H22N4O3S/c23-16(24)9-8-15-3-1-2-10-22(15)17(25)14-6-4-13(5-7-14)11-26-18-19-12-20-21-18/h4-7,12,15H,1-3,8-11H2,(H,23,24)(H,19,20,21). The second-order valence-corrected chi connectivity index (χ2v) is 7.32. The highest BCUT2D eigenvalue weighted by Crippen LogP contribution is 2.24. The minimum atomic E-state index is -0.809. The second-order valence-electron chi connectivity index (χ2n) is 6.36. The van der Waals surface area contributed by atoms with Crippen molar-refractivity contribution in [2.75, 3.05) is 6.54 Å². The Morgan fingerprint density at radius 1 is 1.27 bits per heavy atom. The van der Waals surface area contributed by atoms with E-state index in [0.29, 0.717) is 18.5 Å². The predicted molar refractivity (Wildman–Crippen MR) is 97.9 cm³/mol. The minimum absolute atomic E-state index is 0.00507. The molecule has 1 saturated heterocycles. The van der Waals surface area contributed by atoms with Crippen molar-refractivity contribution in [2.24, 2.45) is 0 Å². The monoisotopic (exact) mass is 374 g/mol. The first-order valence-electron chi connectivity index (χ1n) is 8.73. The van der Waals surface area contributed by atoms with Crippen LogP contribution in [0, 0.1) is 0 Å². The number of nitrogens with one attached hydrogen (secondary N) is 1. The highest BCUT2D eigenvalue weighted by molar-refractivity contribution is 7.98. The molecule has 2 aromatic rings. The number of hydrogen-bond donors (Lipinski definition) is 2. The fourth-order valence-electron chi connectivity index (χ4n) is 3.18. The molecule has 0 saturated carbocycles. The molecule has 1 amide bonds. The van der Waals surface area contributed by atoms with Crippen LogP contribution in [0.4, 0.5) is 0 Å². The maximum atomic E-state index is 12.9. The molecule has 0 spiro atoms. The smallest absolute Gasteiger partial charge is 0.303 e. The van der Waals surface area contributed by atoms with E-state index in [1.165, 1.54) is 6.33 Å². The van der Waals surface area contributed by atoms with Crippen molar-refractivity contribution in [3.8, 4) is 0 Å². The van der Waals surface area contributed by atoms with Gasteiger partial charge in [-0.3, -0.25) is 14.7 Å². The zero-order valence-electron chi connectivity index (χ0n) is 14.4. The number of rotatable bonds is 7. The summed E-state index contributed by atoms with van der Waals surface area (Å²) >= 11 is 1.55. The Morgan fingerprint density at radius 3 is 2.77 bits per heavy atom. The van der Waals surface area contributed by atoms with Crippen molar-refractivity contribution >= 4 is 23.6 Å². The average molecular weight is 374 g/mol. The molecule has 1 aromatic carbocycles. The van der Waals surface area contributed by atoms with E-state index in [0.717, 1.165) is 35.7 Å². The van der Waals surface area contributed by atoms with Crippen LogP contribution in [0.1, 0.15) is 48.0 Å². The Hall–Kier alpha value is -2.35. The van der Waals surface area contributed by atoms with Crippen LogP contribution >= 0.6 is 11.8 Å². The van der Waals surface area contributed by atoms with Gasteiger partial charge in [0.2, 0.25) is 0 Å². The van der Waals surface area contributed by atoms with Crippen LogP contribution in [0.15, 0.2) is 35.7 Å². The Kier molecular flexibility index (Phi) is 6.27. The molecule has 2 heterocycles. The summed E-state index contributed by atoms with van der Waals surface area (Å²) in [5.74, 6) is -0.0691. The first-order valence-corrected chi connectivity index (χ1v) is 9.72. The van der Waals surface area contributed by atoms with Crippen molar-refractivity contribution in [1.82, 2.24) is 20.1 Å². The van der Waals surface area contributed by atoms with E-state index in [2.05, 4.69) is 15.2 Å². The Bertz CT molecular complexity index is 733. The molecule has 1 atom stereocenters. The van der Waals surface area contributed by atoms with Crippen LogP contribution in [0.3, 0.4) is 0 Å². The van der Waals surface area contributed by atoms with Gasteiger partial charge in [-0.2, -0.15) is 5.10 Å². The van der Waals surface area contributed by atoms with E-state index in [1.807, 2.05) is 29.2 Å². The molecular weight excluding hydrogens is 352 g/mol. The Labute approximate surface area is 156 Å². The first-order chi connectivity index (χ1) is 12.6. The molecule has 2 N–H and O–H groups in total. The van der Waals surface area contributed by atoms with Crippen molar-refractivity contribution in [3.63, 3.8) is 0 Å². The van der Waals surface area contributed by atoms with E-state index < -0.39 is 5.97 Å². The lowest BCUT2D eigenvalue weighted by atomic mass is 9.97. The van der Waals surface area contributed by atoms with Crippen molar-refractivity contribution in [3.05, 3.63) is 41.7 Å². The molecule has 0 aliphatic carbocycles. The predicted octanol–water partition coefficient (Wildman–Crippen LogP) is 2.96. The van der Waals surface area contributed by atoms with Gasteiger partial charge in [0.1, 0.15) is 6.33 Å². The fraction of sp³-hybridized carbons (Fsp3) is 0.444. The van der Waals surface area contributed by atoms with Gasteiger partial charge in [-0.25, -0.2) is 4.98 Å². The van der Waals surface area contributed by atoms with Crippen molar-refractivity contribution in [1.29, 1.82) is 0 Å². The Morgan fingerprint density at radius 2 is 2.08 bits per heavy atom. The fourth-order valence-corrected chi connectivity index (χ4v) is 3.92. The lowest BCUT2D eigenvalue weighted by Gasteiger charge is -2.35. The molecule has 1 unspecified atom stereocenters. The van der Waals surface area contributed by atoms with Crippen LogP contribution in [0.2, 0.25) is 0 Å². The van der Waals surface area contributed by atoms with Gasteiger partial charge in [-0.05, 0) is 43.4 Å². The number of carboxylic acids is 1. The van der Waals surface area contributed by atoms with Crippen molar-refractivity contribution in [2.45, 2.75) is 49.1 Å². The van der Waals surface area contributed by atoms with E-state index in [1.54, 1.807) is 11.8 Å². The van der Waals surface area contributed by atoms with Gasteiger partial charge in [0.15, 0.2) is 5.16 Å². The number of aliphatic carboxylic acids is 1. The van der Waals surface area contributed by atoms with Crippen LogP contribution in [0.5, 0.6) is 0 Å². The zero-order chi connectivity index (χ0) is 18.4. The quantitative estimate of drug-likeness (QED) is 0.723. The molecule has 0 bridgehead atoms. The lowest BCUT2D eigenvalue weighted by Crippen LogP contribution is -2.43. The molecule has 8 heteroatoms. The summed E-state index contributed by atoms with van der Waals surface area (Å²) in [6.45, 7) is 0.701. The molecule has 138 valence electrons. The number of amides is 1. The molecular formula is C18H22N4O3S. The molecule has 26 heavy (non-hydrogen) atoms. The van der Waals surface area contributed by atoms with Crippen LogP contribution < -0.4 is 0 Å². The SMILES string of the molecule is O=C(O)CCC1CCCCN1C(=O)c1ccc(CSc2ncn[nH]2)cc1. The summed E-state index contributed by atoms with van der Waals surface area (Å²) in [6.07, 6.45) is 5.00. The number of benzene rings is 1. The Balaban J connectivity index is 1.61. The molecule has 1 fully saturated rings. The maximum absolute atomic E-state index is 12.9. The summed E-state index contributed by atoms with van der Waals surface area (Å²) in [6, 6.07) is 7.62. The van der Waals surface area contributed by atoms with Crippen molar-refractivity contribution < 1.29 is 14.7 Å². The van der Waals surface area contributed by atoms with Gasteiger partial charge in [0.05, 0.1) is 0 Å². The van der Waals surface area contributed by atoms with Gasteiger partial charge >= 0.3 is 5.97 Å². The minimum Gasteiger partial charge on any atom is -0.481 e. The van der Waals surface area contributed by atoms with E-state index in [4.69, 9.17) is 5.11 Å². The summed E-state index contributed by atoms with van der Waals surface area (Å²) in [5, 5.41) is 16.3. The number of H-pyrrole nitrogens is 1. The topological polar surface area (TPSA) is 99.2 Å². The molecule has 1 aromatic heterocycles. The van der Waals surface area contributed by atoms with E-state index >= 15 is 0 Å². The number of carboxylic acid groups (broad SMARTS) is 1. The molecule has 7 nitrogen and oxygen atoms in total. The van der Waals surface area contributed by atoms with Gasteiger partial charge in [0.25, 0.3) is 5.91 Å². The number of aromatic amines is 1. The number of carbonyl (C=O) groups excluding carboxylic acids is 1. The summed E-state index contributed by atoms with van der Waals surface area (Å²) < 4.78 is 0. The molecule has 1 aliphatic heterocycles. The van der Waals surface area contributed by atoms with Gasteiger partial charge in [-0.15, -0.1) is 0 Å². The van der Waals surface area contributed by atoms with E-state index in [-0.39, 0.29) is 18.4 Å². The molecule has 3 rings (SSSR count). The third-order valence-corrected chi connectivity index (χ3v) is 5.50. The third-order valence-electron chi connectivity index (χ3n) is 4.55. The van der Waals surface area contributed by atoms with Gasteiger partial charge < -0.3 is 10.0 Å². The number of likely N-dealkylation sites (tertiary alicyclic amines) is 1. The van der Waals surface area contributed by atoms with Gasteiger partial charge in [0, 0.05) is 30.3 Å².